The largest absolute Gasteiger partial charge is 0.496 e. The summed E-state index contributed by atoms with van der Waals surface area (Å²) in [5.41, 5.74) is 4.80. The van der Waals surface area contributed by atoms with Gasteiger partial charge in [0.1, 0.15) is 5.75 Å². The van der Waals surface area contributed by atoms with E-state index < -0.39 is 0 Å². The normalized spacial score (nSPS) is 12.5. The van der Waals surface area contributed by atoms with E-state index in [-0.39, 0.29) is 6.04 Å². The molecule has 0 aliphatic rings. The third kappa shape index (κ3) is 2.96. The zero-order valence-corrected chi connectivity index (χ0v) is 15.9. The van der Waals surface area contributed by atoms with Gasteiger partial charge in [-0.3, -0.25) is 0 Å². The van der Waals surface area contributed by atoms with Gasteiger partial charge in [-0.15, -0.1) is 11.3 Å². The third-order valence-corrected chi connectivity index (χ3v) is 5.89. The summed E-state index contributed by atoms with van der Waals surface area (Å²) < 4.78 is 7.89. The van der Waals surface area contributed by atoms with Gasteiger partial charge in [0.2, 0.25) is 0 Å². The van der Waals surface area contributed by atoms with Crippen molar-refractivity contribution in [2.24, 2.45) is 0 Å². The molecule has 0 fully saturated rings. The molecule has 0 spiro atoms. The molecule has 1 heterocycles. The smallest absolute Gasteiger partial charge is 0.127 e. The van der Waals surface area contributed by atoms with E-state index in [1.165, 1.54) is 16.7 Å². The van der Waals surface area contributed by atoms with Gasteiger partial charge in [0.15, 0.2) is 0 Å². The van der Waals surface area contributed by atoms with Crippen LogP contribution in [0.25, 0.3) is 0 Å². The molecule has 0 saturated carbocycles. The van der Waals surface area contributed by atoms with E-state index >= 15 is 0 Å². The summed E-state index contributed by atoms with van der Waals surface area (Å²) >= 11 is 8.87. The highest BCUT2D eigenvalue weighted by Crippen LogP contribution is 2.41. The SMILES string of the molecule is CNC(c1cc(Br)sc1Br)c1ccc(C)c(C)c1OC. The highest BCUT2D eigenvalue weighted by molar-refractivity contribution is 9.12. The van der Waals surface area contributed by atoms with Gasteiger partial charge in [0.05, 0.1) is 20.7 Å². The Kier molecular flexibility index (Phi) is 5.29. The van der Waals surface area contributed by atoms with Crippen LogP contribution in [-0.2, 0) is 0 Å². The predicted octanol–water partition coefficient (Wildman–Crippen LogP) is 5.21. The van der Waals surface area contributed by atoms with Gasteiger partial charge in [-0.2, -0.15) is 0 Å². The lowest BCUT2D eigenvalue weighted by Gasteiger charge is -2.21. The summed E-state index contributed by atoms with van der Waals surface area (Å²) in [5, 5.41) is 3.39. The number of benzene rings is 1. The van der Waals surface area contributed by atoms with Crippen molar-refractivity contribution >= 4 is 43.2 Å². The molecule has 1 aromatic heterocycles. The van der Waals surface area contributed by atoms with Crippen LogP contribution in [0.1, 0.15) is 28.3 Å². The van der Waals surface area contributed by atoms with Gasteiger partial charge in [-0.1, -0.05) is 12.1 Å². The number of rotatable bonds is 4. The molecule has 0 amide bonds. The van der Waals surface area contributed by atoms with Gasteiger partial charge in [0.25, 0.3) is 0 Å². The first-order chi connectivity index (χ1) is 9.49. The Hall–Kier alpha value is -0.360. The van der Waals surface area contributed by atoms with Crippen molar-refractivity contribution in [3.8, 4) is 5.75 Å². The zero-order valence-electron chi connectivity index (χ0n) is 11.9. The molecule has 5 heteroatoms. The summed E-state index contributed by atoms with van der Waals surface area (Å²) in [5.74, 6) is 0.957. The van der Waals surface area contributed by atoms with Crippen molar-refractivity contribution in [1.29, 1.82) is 0 Å². The predicted molar refractivity (Wildman–Crippen MR) is 93.1 cm³/mol. The van der Waals surface area contributed by atoms with Crippen LogP contribution in [0.2, 0.25) is 0 Å². The lowest BCUT2D eigenvalue weighted by atomic mass is 9.96. The first-order valence-electron chi connectivity index (χ1n) is 6.25. The Morgan fingerprint density at radius 2 is 1.90 bits per heavy atom. The molecule has 108 valence electrons. The molecule has 1 aromatic carbocycles. The Labute approximate surface area is 140 Å². The Morgan fingerprint density at radius 3 is 2.40 bits per heavy atom. The minimum Gasteiger partial charge on any atom is -0.496 e. The molecular weight excluding hydrogens is 402 g/mol. The number of aryl methyl sites for hydroxylation is 1. The van der Waals surface area contributed by atoms with E-state index in [4.69, 9.17) is 4.74 Å². The van der Waals surface area contributed by atoms with Gasteiger partial charge in [-0.05, 0) is 75.5 Å². The summed E-state index contributed by atoms with van der Waals surface area (Å²) in [6, 6.07) is 6.53. The van der Waals surface area contributed by atoms with E-state index in [2.05, 4.69) is 69.2 Å². The second-order valence-electron chi connectivity index (χ2n) is 4.63. The second kappa shape index (κ2) is 6.60. The number of halogens is 2. The molecule has 2 aromatic rings. The average molecular weight is 419 g/mol. The first-order valence-corrected chi connectivity index (χ1v) is 8.66. The minimum absolute atomic E-state index is 0.0983. The molecule has 1 N–H and O–H groups in total. The first kappa shape index (κ1) is 16.0. The maximum atomic E-state index is 5.64. The molecule has 0 bridgehead atoms. The average Bonchev–Trinajstić information content (AvgIpc) is 2.74. The zero-order chi connectivity index (χ0) is 14.9. The van der Waals surface area contributed by atoms with Crippen LogP contribution in [0.5, 0.6) is 5.75 Å². The van der Waals surface area contributed by atoms with Crippen molar-refractivity contribution in [3.63, 3.8) is 0 Å². The van der Waals surface area contributed by atoms with Crippen LogP contribution < -0.4 is 10.1 Å². The van der Waals surface area contributed by atoms with E-state index in [0.717, 1.165) is 18.9 Å². The van der Waals surface area contributed by atoms with Crippen LogP contribution in [-0.4, -0.2) is 14.2 Å². The van der Waals surface area contributed by atoms with Gasteiger partial charge in [-0.25, -0.2) is 0 Å². The van der Waals surface area contributed by atoms with Crippen LogP contribution in [0.15, 0.2) is 25.8 Å². The summed E-state index contributed by atoms with van der Waals surface area (Å²) in [7, 11) is 3.70. The van der Waals surface area contributed by atoms with Crippen molar-refractivity contribution < 1.29 is 4.74 Å². The number of nitrogens with one attached hydrogen (secondary N) is 1. The van der Waals surface area contributed by atoms with E-state index in [1.807, 2.05) is 7.05 Å². The maximum Gasteiger partial charge on any atom is 0.127 e. The Morgan fingerprint density at radius 1 is 1.20 bits per heavy atom. The maximum absolute atomic E-state index is 5.64. The summed E-state index contributed by atoms with van der Waals surface area (Å²) in [6.45, 7) is 4.20. The lowest BCUT2D eigenvalue weighted by Crippen LogP contribution is -2.18. The molecule has 0 saturated heterocycles. The van der Waals surface area contributed by atoms with Gasteiger partial charge in [0, 0.05) is 5.56 Å². The summed E-state index contributed by atoms with van der Waals surface area (Å²) in [4.78, 5) is 0. The van der Waals surface area contributed by atoms with Crippen LogP contribution in [0.4, 0.5) is 0 Å². The number of hydrogen-bond acceptors (Lipinski definition) is 3. The van der Waals surface area contributed by atoms with Crippen molar-refractivity contribution in [1.82, 2.24) is 5.32 Å². The van der Waals surface area contributed by atoms with Crippen molar-refractivity contribution in [2.45, 2.75) is 19.9 Å². The van der Waals surface area contributed by atoms with Gasteiger partial charge < -0.3 is 10.1 Å². The molecule has 2 nitrogen and oxygen atoms in total. The Bertz CT molecular complexity index is 625. The van der Waals surface area contributed by atoms with E-state index in [1.54, 1.807) is 18.4 Å². The number of methoxy groups -OCH3 is 1. The second-order valence-corrected chi connectivity index (χ2v) is 8.38. The summed E-state index contributed by atoms with van der Waals surface area (Å²) in [6.07, 6.45) is 0. The number of hydrogen-bond donors (Lipinski definition) is 1. The highest BCUT2D eigenvalue weighted by atomic mass is 79.9. The fourth-order valence-electron chi connectivity index (χ4n) is 2.34. The van der Waals surface area contributed by atoms with E-state index in [9.17, 15) is 0 Å². The number of thiophene rings is 1. The molecule has 20 heavy (non-hydrogen) atoms. The van der Waals surface area contributed by atoms with E-state index in [0.29, 0.717) is 0 Å². The monoisotopic (exact) mass is 417 g/mol. The molecular formula is C15H17Br2NOS. The third-order valence-electron chi connectivity index (χ3n) is 3.51. The lowest BCUT2D eigenvalue weighted by molar-refractivity contribution is 0.402. The number of ether oxygens (including phenoxy) is 1. The highest BCUT2D eigenvalue weighted by Gasteiger charge is 2.22. The van der Waals surface area contributed by atoms with Crippen molar-refractivity contribution in [3.05, 3.63) is 48.0 Å². The molecule has 2 rings (SSSR count). The Balaban J connectivity index is 2.58. The van der Waals surface area contributed by atoms with Crippen LogP contribution in [0, 0.1) is 13.8 Å². The topological polar surface area (TPSA) is 21.3 Å². The molecule has 0 aliphatic carbocycles. The minimum atomic E-state index is 0.0983. The molecule has 1 unspecified atom stereocenters. The quantitative estimate of drug-likeness (QED) is 0.735. The van der Waals surface area contributed by atoms with Crippen molar-refractivity contribution in [2.75, 3.05) is 14.2 Å². The van der Waals surface area contributed by atoms with Crippen LogP contribution >= 0.6 is 43.2 Å². The molecule has 1 atom stereocenters. The fraction of sp³-hybridized carbons (Fsp3) is 0.333. The van der Waals surface area contributed by atoms with Crippen LogP contribution in [0.3, 0.4) is 0 Å². The molecule has 0 radical (unpaired) electrons. The fourth-order valence-corrected chi connectivity index (χ4v) is 5.24. The van der Waals surface area contributed by atoms with Gasteiger partial charge >= 0.3 is 0 Å². The standard InChI is InChI=1S/C15H17Br2NOS/c1-8-5-6-10(14(19-4)9(8)2)13(18-3)11-7-12(16)20-15(11)17/h5-7,13,18H,1-4H3. The molecule has 0 aliphatic heterocycles.